The maximum atomic E-state index is 13.4. The van der Waals surface area contributed by atoms with Gasteiger partial charge in [-0.1, -0.05) is 23.2 Å². The Kier molecular flexibility index (Phi) is 7.45. The number of benzene rings is 2. The second kappa shape index (κ2) is 10.5. The zero-order valence-electron chi connectivity index (χ0n) is 17.4. The van der Waals surface area contributed by atoms with E-state index < -0.39 is 5.82 Å². The van der Waals surface area contributed by atoms with Gasteiger partial charge < -0.3 is 15.4 Å². The number of ether oxygens (including phenoxy) is 1. The van der Waals surface area contributed by atoms with Gasteiger partial charge in [-0.25, -0.2) is 9.37 Å². The maximum absolute atomic E-state index is 13.4. The van der Waals surface area contributed by atoms with Gasteiger partial charge in [0.15, 0.2) is 0 Å². The molecule has 1 aromatic heterocycles. The number of hydrogen-bond acceptors (Lipinski definition) is 4. The number of hydrogen-bond donors (Lipinski definition) is 2. The van der Waals surface area contributed by atoms with Crippen LogP contribution in [0, 0.1) is 11.7 Å². The van der Waals surface area contributed by atoms with Crippen molar-refractivity contribution in [1.29, 1.82) is 0 Å². The van der Waals surface area contributed by atoms with Crippen molar-refractivity contribution in [1.82, 2.24) is 10.3 Å². The molecule has 0 spiro atoms. The Morgan fingerprint density at radius 1 is 1.06 bits per heavy atom. The highest BCUT2D eigenvalue weighted by Crippen LogP contribution is 2.26. The second-order valence-electron chi connectivity index (χ2n) is 7.95. The molecule has 0 atom stereocenters. The summed E-state index contributed by atoms with van der Waals surface area (Å²) in [6.45, 7) is 1.08. The molecule has 0 radical (unpaired) electrons. The third-order valence-corrected chi connectivity index (χ3v) is 6.24. The van der Waals surface area contributed by atoms with Crippen LogP contribution in [-0.4, -0.2) is 30.1 Å². The zero-order chi connectivity index (χ0) is 22.5. The first-order valence-electron chi connectivity index (χ1n) is 10.7. The van der Waals surface area contributed by atoms with Crippen molar-refractivity contribution in [3.05, 3.63) is 64.4 Å². The van der Waals surface area contributed by atoms with Crippen molar-refractivity contribution in [2.75, 3.05) is 18.5 Å². The van der Waals surface area contributed by atoms with E-state index in [2.05, 4.69) is 15.6 Å². The average Bonchev–Trinajstić information content (AvgIpc) is 2.79. The Morgan fingerprint density at radius 2 is 1.88 bits per heavy atom. The first kappa shape index (κ1) is 22.8. The molecule has 0 saturated heterocycles. The van der Waals surface area contributed by atoms with Crippen LogP contribution < -0.4 is 15.4 Å². The second-order valence-corrected chi connectivity index (χ2v) is 8.79. The predicted molar refractivity (Wildman–Crippen MR) is 126 cm³/mol. The van der Waals surface area contributed by atoms with Crippen molar-refractivity contribution in [3.63, 3.8) is 0 Å². The van der Waals surface area contributed by atoms with E-state index in [0.29, 0.717) is 35.8 Å². The van der Waals surface area contributed by atoms with E-state index in [4.69, 9.17) is 27.9 Å². The molecule has 8 heteroatoms. The van der Waals surface area contributed by atoms with Crippen LogP contribution in [0.2, 0.25) is 10.0 Å². The molecular formula is C24H24Cl2FN3O2. The number of aromatic nitrogens is 1. The normalized spacial score (nSPS) is 18.5. The van der Waals surface area contributed by atoms with E-state index >= 15 is 0 Å². The Morgan fingerprint density at radius 3 is 2.66 bits per heavy atom. The maximum Gasteiger partial charge on any atom is 0.228 e. The van der Waals surface area contributed by atoms with Gasteiger partial charge in [-0.2, -0.15) is 0 Å². The topological polar surface area (TPSA) is 63.2 Å². The van der Waals surface area contributed by atoms with E-state index in [1.807, 2.05) is 18.2 Å². The number of anilines is 1. The molecule has 1 heterocycles. The monoisotopic (exact) mass is 475 g/mol. The zero-order valence-corrected chi connectivity index (χ0v) is 18.9. The van der Waals surface area contributed by atoms with Crippen LogP contribution in [0.1, 0.15) is 25.7 Å². The molecule has 1 amide bonds. The van der Waals surface area contributed by atoms with Gasteiger partial charge in [0.05, 0.1) is 10.5 Å². The summed E-state index contributed by atoms with van der Waals surface area (Å²) in [5, 5.41) is 8.08. The number of carbonyl (C=O) groups is 1. The van der Waals surface area contributed by atoms with Crippen LogP contribution in [-0.2, 0) is 4.79 Å². The van der Waals surface area contributed by atoms with Gasteiger partial charge in [0.25, 0.3) is 0 Å². The molecule has 5 nitrogen and oxygen atoms in total. The number of rotatable bonds is 7. The fourth-order valence-electron chi connectivity index (χ4n) is 3.95. The van der Waals surface area contributed by atoms with Gasteiger partial charge >= 0.3 is 0 Å². The average molecular weight is 476 g/mol. The predicted octanol–water partition coefficient (Wildman–Crippen LogP) is 5.85. The SMILES string of the molecule is O=C(Nc1ccc2cc(Cl)ccc2n1)C1CCC(NCCOc2ccc(Cl)c(F)c2)CC1. The first-order chi connectivity index (χ1) is 15.5. The number of halogens is 3. The Hall–Kier alpha value is -2.41. The van der Waals surface area contributed by atoms with Crippen LogP contribution >= 0.6 is 23.2 Å². The third-order valence-electron chi connectivity index (χ3n) is 5.70. The molecule has 2 aromatic carbocycles. The fraction of sp³-hybridized carbons (Fsp3) is 0.333. The molecule has 1 aliphatic carbocycles. The quantitative estimate of drug-likeness (QED) is 0.420. The lowest BCUT2D eigenvalue weighted by atomic mass is 9.85. The van der Waals surface area contributed by atoms with Gasteiger partial charge in [0, 0.05) is 35.0 Å². The Labute approximate surface area is 196 Å². The van der Waals surface area contributed by atoms with E-state index in [1.54, 1.807) is 18.2 Å². The number of carbonyl (C=O) groups excluding carboxylic acids is 1. The molecule has 4 rings (SSSR count). The number of amides is 1. The standard InChI is InChI=1S/C24H24Cl2FN3O2/c25-17-4-9-22-16(13-17)3-10-23(29-22)30-24(31)15-1-5-18(6-2-15)28-11-12-32-19-7-8-20(26)21(27)14-19/h3-4,7-10,13-15,18,28H,1-2,5-6,11-12H2,(H,29,30,31). The Balaban J connectivity index is 1.19. The largest absolute Gasteiger partial charge is 0.492 e. The summed E-state index contributed by atoms with van der Waals surface area (Å²) in [6, 6.07) is 13.9. The summed E-state index contributed by atoms with van der Waals surface area (Å²) >= 11 is 11.7. The molecule has 1 fully saturated rings. The number of pyridine rings is 1. The minimum atomic E-state index is -0.489. The van der Waals surface area contributed by atoms with E-state index in [1.165, 1.54) is 12.1 Å². The highest BCUT2D eigenvalue weighted by Gasteiger charge is 2.26. The summed E-state index contributed by atoms with van der Waals surface area (Å²) in [4.78, 5) is 17.2. The minimum Gasteiger partial charge on any atom is -0.492 e. The van der Waals surface area contributed by atoms with E-state index in [9.17, 15) is 9.18 Å². The number of nitrogens with zero attached hydrogens (tertiary/aromatic N) is 1. The summed E-state index contributed by atoms with van der Waals surface area (Å²) < 4.78 is 19.0. The van der Waals surface area contributed by atoms with Crippen molar-refractivity contribution < 1.29 is 13.9 Å². The van der Waals surface area contributed by atoms with Crippen LogP contribution in [0.5, 0.6) is 5.75 Å². The van der Waals surface area contributed by atoms with Crippen LogP contribution in [0.4, 0.5) is 10.2 Å². The molecule has 0 aliphatic heterocycles. The van der Waals surface area contributed by atoms with Crippen molar-refractivity contribution in [2.24, 2.45) is 5.92 Å². The van der Waals surface area contributed by atoms with Crippen LogP contribution in [0.15, 0.2) is 48.5 Å². The molecule has 0 bridgehead atoms. The van der Waals surface area contributed by atoms with Crippen molar-refractivity contribution in [3.8, 4) is 5.75 Å². The van der Waals surface area contributed by atoms with E-state index in [-0.39, 0.29) is 16.8 Å². The molecular weight excluding hydrogens is 452 g/mol. The van der Waals surface area contributed by atoms with E-state index in [0.717, 1.165) is 36.6 Å². The lowest BCUT2D eigenvalue weighted by molar-refractivity contribution is -0.120. The minimum absolute atomic E-state index is 0.0114. The van der Waals surface area contributed by atoms with Crippen LogP contribution in [0.25, 0.3) is 10.9 Å². The Bertz CT molecular complexity index is 1100. The summed E-state index contributed by atoms with van der Waals surface area (Å²) in [7, 11) is 0. The molecule has 3 aromatic rings. The lowest BCUT2D eigenvalue weighted by Crippen LogP contribution is -2.38. The van der Waals surface area contributed by atoms with Crippen LogP contribution in [0.3, 0.4) is 0 Å². The lowest BCUT2D eigenvalue weighted by Gasteiger charge is -2.28. The molecule has 2 N–H and O–H groups in total. The van der Waals surface area contributed by atoms with Gasteiger partial charge in [-0.3, -0.25) is 4.79 Å². The molecule has 1 aliphatic rings. The van der Waals surface area contributed by atoms with Crippen molar-refractivity contribution in [2.45, 2.75) is 31.7 Å². The fourth-order valence-corrected chi connectivity index (χ4v) is 4.25. The van der Waals surface area contributed by atoms with Crippen molar-refractivity contribution >= 4 is 45.8 Å². The van der Waals surface area contributed by atoms with Gasteiger partial charge in [-0.15, -0.1) is 0 Å². The summed E-state index contributed by atoms with van der Waals surface area (Å²) in [5.74, 6) is 0.513. The smallest absolute Gasteiger partial charge is 0.228 e. The highest BCUT2D eigenvalue weighted by atomic mass is 35.5. The van der Waals surface area contributed by atoms with Gasteiger partial charge in [-0.05, 0) is 68.1 Å². The highest BCUT2D eigenvalue weighted by molar-refractivity contribution is 6.31. The van der Waals surface area contributed by atoms with Gasteiger partial charge in [0.2, 0.25) is 5.91 Å². The third kappa shape index (κ3) is 5.88. The number of nitrogens with one attached hydrogen (secondary N) is 2. The molecule has 0 unspecified atom stereocenters. The number of fused-ring (bicyclic) bond motifs is 1. The molecule has 168 valence electrons. The first-order valence-corrected chi connectivity index (χ1v) is 11.4. The van der Waals surface area contributed by atoms with Gasteiger partial charge in [0.1, 0.15) is 24.0 Å². The summed E-state index contributed by atoms with van der Waals surface area (Å²) in [6.07, 6.45) is 3.46. The molecule has 32 heavy (non-hydrogen) atoms. The summed E-state index contributed by atoms with van der Waals surface area (Å²) in [5.41, 5.74) is 0.795. The molecule has 1 saturated carbocycles.